The number of aliphatic hydroxyl groups excluding tert-OH is 1. The summed E-state index contributed by atoms with van der Waals surface area (Å²) < 4.78 is 26.3. The molecule has 0 aromatic carbocycles. The third kappa shape index (κ3) is 5.12. The van der Waals surface area contributed by atoms with Gasteiger partial charge in [-0.1, -0.05) is 0 Å². The number of methoxy groups -OCH3 is 2. The van der Waals surface area contributed by atoms with Crippen LogP contribution in [0.25, 0.3) is 0 Å². The van der Waals surface area contributed by atoms with Gasteiger partial charge in [0.2, 0.25) is 0 Å². The molecule has 0 spiro atoms. The molecule has 0 radical (unpaired) electrons. The molecule has 160 valence electrons. The van der Waals surface area contributed by atoms with Crippen LogP contribution in [0.3, 0.4) is 0 Å². The summed E-state index contributed by atoms with van der Waals surface area (Å²) in [6.45, 7) is 5.37. The SMILES string of the molecule is COC(=O)[C@H](C[C@]1(C(=O)OC)C[C@H]2OCC[C@@H](O)[C@H]2O1)NC(=O)OC(C)(C)C. The first-order valence-electron chi connectivity index (χ1n) is 9.14. The van der Waals surface area contributed by atoms with E-state index in [0.29, 0.717) is 13.0 Å². The molecule has 2 aliphatic rings. The van der Waals surface area contributed by atoms with Crippen LogP contribution in [0.2, 0.25) is 0 Å². The summed E-state index contributed by atoms with van der Waals surface area (Å²) >= 11 is 0. The minimum atomic E-state index is -1.58. The second-order valence-corrected chi connectivity index (χ2v) is 7.96. The first kappa shape index (κ1) is 22.4. The number of hydrogen-bond donors (Lipinski definition) is 2. The number of ether oxygens (including phenoxy) is 5. The molecule has 28 heavy (non-hydrogen) atoms. The smallest absolute Gasteiger partial charge is 0.408 e. The second kappa shape index (κ2) is 8.62. The lowest BCUT2D eigenvalue weighted by Gasteiger charge is -2.31. The van der Waals surface area contributed by atoms with E-state index in [4.69, 9.17) is 23.7 Å². The fourth-order valence-electron chi connectivity index (χ4n) is 3.46. The largest absolute Gasteiger partial charge is 0.467 e. The van der Waals surface area contributed by atoms with Gasteiger partial charge in [0, 0.05) is 19.4 Å². The van der Waals surface area contributed by atoms with Crippen LogP contribution in [0.4, 0.5) is 4.79 Å². The Balaban J connectivity index is 2.23. The van der Waals surface area contributed by atoms with Crippen molar-refractivity contribution in [1.29, 1.82) is 0 Å². The molecule has 10 heteroatoms. The monoisotopic (exact) mass is 403 g/mol. The summed E-state index contributed by atoms with van der Waals surface area (Å²) in [7, 11) is 2.36. The Bertz CT molecular complexity index is 602. The van der Waals surface area contributed by atoms with E-state index in [1.54, 1.807) is 20.8 Å². The van der Waals surface area contributed by atoms with Crippen molar-refractivity contribution in [3.63, 3.8) is 0 Å². The number of alkyl carbamates (subject to hydrolysis) is 1. The standard InChI is InChI=1S/C18H29NO9/c1-17(2,3)28-16(23)19-10(14(21)24-4)8-18(15(22)25-5)9-12-13(27-18)11(20)6-7-26-12/h10-13,20H,6-9H2,1-5H3,(H,19,23)/t10-,11+,12+,13+,18+/m0/s1. The lowest BCUT2D eigenvalue weighted by atomic mass is 9.89. The van der Waals surface area contributed by atoms with Gasteiger partial charge in [-0.2, -0.15) is 0 Å². The normalized spacial score (nSPS) is 30.7. The Morgan fingerprint density at radius 1 is 1.25 bits per heavy atom. The molecule has 0 bridgehead atoms. The quantitative estimate of drug-likeness (QED) is 0.491. The number of rotatable bonds is 5. The topological polar surface area (TPSA) is 130 Å². The van der Waals surface area contributed by atoms with E-state index in [0.717, 1.165) is 0 Å². The fourth-order valence-corrected chi connectivity index (χ4v) is 3.46. The molecule has 2 heterocycles. The molecule has 0 saturated carbocycles. The Hall–Kier alpha value is -1.91. The molecule has 0 aromatic heterocycles. The van der Waals surface area contributed by atoms with Crippen molar-refractivity contribution in [2.24, 2.45) is 0 Å². The van der Waals surface area contributed by atoms with Gasteiger partial charge in [0.05, 0.1) is 26.4 Å². The molecule has 2 rings (SSSR count). The minimum Gasteiger partial charge on any atom is -0.467 e. The number of esters is 2. The van der Waals surface area contributed by atoms with E-state index in [-0.39, 0.29) is 12.8 Å². The fraction of sp³-hybridized carbons (Fsp3) is 0.833. The van der Waals surface area contributed by atoms with Crippen LogP contribution < -0.4 is 5.32 Å². The first-order chi connectivity index (χ1) is 13.0. The number of hydrogen-bond acceptors (Lipinski definition) is 9. The van der Waals surface area contributed by atoms with Gasteiger partial charge in [0.25, 0.3) is 0 Å². The van der Waals surface area contributed by atoms with Gasteiger partial charge < -0.3 is 34.1 Å². The minimum absolute atomic E-state index is 0.0743. The van der Waals surface area contributed by atoms with E-state index in [2.05, 4.69) is 5.32 Å². The summed E-state index contributed by atoms with van der Waals surface area (Å²) in [6, 6.07) is -1.23. The van der Waals surface area contributed by atoms with Crippen LogP contribution in [0, 0.1) is 0 Å². The highest BCUT2D eigenvalue weighted by molar-refractivity contribution is 5.85. The lowest BCUT2D eigenvalue weighted by molar-refractivity contribution is -0.181. The number of carbonyl (C=O) groups excluding carboxylic acids is 3. The molecule has 5 atom stereocenters. The Kier molecular flexibility index (Phi) is 6.89. The van der Waals surface area contributed by atoms with E-state index in [1.807, 2.05) is 0 Å². The van der Waals surface area contributed by atoms with Crippen molar-refractivity contribution in [3.05, 3.63) is 0 Å². The molecule has 0 unspecified atom stereocenters. The van der Waals surface area contributed by atoms with Crippen molar-refractivity contribution in [2.75, 3.05) is 20.8 Å². The number of aliphatic hydroxyl groups is 1. The van der Waals surface area contributed by atoms with Gasteiger partial charge in [-0.15, -0.1) is 0 Å². The van der Waals surface area contributed by atoms with Gasteiger partial charge >= 0.3 is 18.0 Å². The van der Waals surface area contributed by atoms with Crippen LogP contribution in [-0.2, 0) is 33.3 Å². The van der Waals surface area contributed by atoms with E-state index < -0.39 is 53.6 Å². The molecule has 2 fully saturated rings. The van der Waals surface area contributed by atoms with Gasteiger partial charge in [-0.3, -0.25) is 0 Å². The third-order valence-corrected chi connectivity index (χ3v) is 4.65. The maximum atomic E-state index is 12.6. The molecule has 2 aliphatic heterocycles. The zero-order chi connectivity index (χ0) is 21.1. The molecule has 2 saturated heterocycles. The average Bonchev–Trinajstić information content (AvgIpc) is 2.99. The van der Waals surface area contributed by atoms with Crippen LogP contribution in [0.1, 0.15) is 40.0 Å². The highest BCUT2D eigenvalue weighted by Crippen LogP contribution is 2.41. The van der Waals surface area contributed by atoms with Crippen LogP contribution in [-0.4, -0.2) is 79.5 Å². The zero-order valence-electron chi connectivity index (χ0n) is 16.9. The van der Waals surface area contributed by atoms with Crippen molar-refractivity contribution in [2.45, 2.75) is 75.6 Å². The first-order valence-corrected chi connectivity index (χ1v) is 9.14. The number of nitrogens with one attached hydrogen (secondary N) is 1. The summed E-state index contributed by atoms with van der Waals surface area (Å²) in [5, 5.41) is 12.6. The highest BCUT2D eigenvalue weighted by atomic mass is 16.6. The van der Waals surface area contributed by atoms with Crippen LogP contribution in [0.15, 0.2) is 0 Å². The number of amides is 1. The molecule has 0 aromatic rings. The van der Waals surface area contributed by atoms with Crippen molar-refractivity contribution in [1.82, 2.24) is 5.32 Å². The average molecular weight is 403 g/mol. The predicted octanol–water partition coefficient (Wildman–Crippen LogP) is 0.293. The van der Waals surface area contributed by atoms with Gasteiger partial charge in [-0.25, -0.2) is 14.4 Å². The van der Waals surface area contributed by atoms with Crippen molar-refractivity contribution < 1.29 is 43.2 Å². The Labute approximate surface area is 163 Å². The predicted molar refractivity (Wildman–Crippen MR) is 94.4 cm³/mol. The summed E-state index contributed by atoms with van der Waals surface area (Å²) in [4.78, 5) is 37.0. The third-order valence-electron chi connectivity index (χ3n) is 4.65. The summed E-state index contributed by atoms with van der Waals surface area (Å²) in [5.74, 6) is -1.49. The summed E-state index contributed by atoms with van der Waals surface area (Å²) in [6.07, 6.45) is -2.71. The van der Waals surface area contributed by atoms with Crippen molar-refractivity contribution >= 4 is 18.0 Å². The van der Waals surface area contributed by atoms with Crippen LogP contribution >= 0.6 is 0 Å². The number of carbonyl (C=O) groups is 3. The zero-order valence-corrected chi connectivity index (χ0v) is 16.9. The van der Waals surface area contributed by atoms with Gasteiger partial charge in [0.1, 0.15) is 17.7 Å². The van der Waals surface area contributed by atoms with Crippen molar-refractivity contribution in [3.8, 4) is 0 Å². The molecule has 0 aliphatic carbocycles. The second-order valence-electron chi connectivity index (χ2n) is 7.96. The maximum absolute atomic E-state index is 12.6. The lowest BCUT2D eigenvalue weighted by Crippen LogP contribution is -2.52. The molecule has 2 N–H and O–H groups in total. The molecule has 10 nitrogen and oxygen atoms in total. The Morgan fingerprint density at radius 2 is 1.93 bits per heavy atom. The van der Waals surface area contributed by atoms with Crippen LogP contribution in [0.5, 0.6) is 0 Å². The van der Waals surface area contributed by atoms with Gasteiger partial charge in [-0.05, 0) is 27.2 Å². The molecular formula is C18H29NO9. The highest BCUT2D eigenvalue weighted by Gasteiger charge is 2.57. The Morgan fingerprint density at radius 3 is 2.46 bits per heavy atom. The van der Waals surface area contributed by atoms with Gasteiger partial charge in [0.15, 0.2) is 5.60 Å². The van der Waals surface area contributed by atoms with E-state index >= 15 is 0 Å². The van der Waals surface area contributed by atoms with E-state index in [9.17, 15) is 19.5 Å². The van der Waals surface area contributed by atoms with E-state index in [1.165, 1.54) is 14.2 Å². The summed E-state index contributed by atoms with van der Waals surface area (Å²) in [5.41, 5.74) is -2.36. The molecule has 1 amide bonds. The number of fused-ring (bicyclic) bond motifs is 1. The maximum Gasteiger partial charge on any atom is 0.408 e. The molecular weight excluding hydrogens is 374 g/mol.